The molecule has 3 rings (SSSR count). The topological polar surface area (TPSA) is 86.8 Å². The molecule has 2 aliphatic heterocycles. The Bertz CT molecular complexity index is 871. The third-order valence-electron chi connectivity index (χ3n) is 6.08. The van der Waals surface area contributed by atoms with Crippen molar-refractivity contribution in [3.63, 3.8) is 0 Å². The van der Waals surface area contributed by atoms with E-state index in [1.165, 1.54) is 16.4 Å². The molecule has 2 atom stereocenters. The van der Waals surface area contributed by atoms with Gasteiger partial charge in [-0.1, -0.05) is 19.4 Å². The number of hydrogen-bond acceptors (Lipinski definition) is 4. The van der Waals surface area contributed by atoms with E-state index < -0.39 is 10.0 Å². The molecule has 2 fully saturated rings. The van der Waals surface area contributed by atoms with Crippen molar-refractivity contribution in [1.29, 1.82) is 0 Å². The number of rotatable bonds is 6. The first-order valence-electron chi connectivity index (χ1n) is 11.0. The van der Waals surface area contributed by atoms with Gasteiger partial charge in [-0.25, -0.2) is 8.42 Å². The van der Waals surface area contributed by atoms with Gasteiger partial charge in [0.25, 0.3) is 5.91 Å². The van der Waals surface area contributed by atoms with Gasteiger partial charge < -0.3 is 10.2 Å². The van der Waals surface area contributed by atoms with Crippen LogP contribution in [0, 0.1) is 5.92 Å². The summed E-state index contributed by atoms with van der Waals surface area (Å²) in [4.78, 5) is 26.9. The zero-order valence-corrected chi connectivity index (χ0v) is 18.8. The van der Waals surface area contributed by atoms with Gasteiger partial charge in [-0.2, -0.15) is 4.31 Å². The van der Waals surface area contributed by atoms with E-state index in [1.807, 2.05) is 11.8 Å². The number of sulfonamides is 1. The molecule has 2 saturated heterocycles. The Morgan fingerprint density at radius 2 is 1.90 bits per heavy atom. The van der Waals surface area contributed by atoms with Crippen LogP contribution in [0.3, 0.4) is 0 Å². The van der Waals surface area contributed by atoms with Crippen LogP contribution < -0.4 is 5.32 Å². The minimum Gasteiger partial charge on any atom is -0.352 e. The van der Waals surface area contributed by atoms with Crippen molar-refractivity contribution in [3.05, 3.63) is 29.8 Å². The summed E-state index contributed by atoms with van der Waals surface area (Å²) in [6.45, 7) is 6.38. The molecule has 2 amide bonds. The largest absolute Gasteiger partial charge is 0.352 e. The number of piperidine rings is 2. The SMILES string of the molecule is CC1CCCN(C(=O)CCNC(=O)c2cccc(S(=O)(=O)N3CCCCC3C)c2)C1. The average Bonchev–Trinajstić information content (AvgIpc) is 2.74. The summed E-state index contributed by atoms with van der Waals surface area (Å²) < 4.78 is 27.6. The van der Waals surface area contributed by atoms with Crippen molar-refractivity contribution >= 4 is 21.8 Å². The summed E-state index contributed by atoms with van der Waals surface area (Å²) in [5.41, 5.74) is 0.291. The Hall–Kier alpha value is -1.93. The van der Waals surface area contributed by atoms with Gasteiger partial charge in [-0.15, -0.1) is 0 Å². The van der Waals surface area contributed by atoms with Crippen LogP contribution in [0.15, 0.2) is 29.2 Å². The maximum atomic E-state index is 13.0. The van der Waals surface area contributed by atoms with Crippen LogP contribution in [0.25, 0.3) is 0 Å². The monoisotopic (exact) mass is 435 g/mol. The van der Waals surface area contributed by atoms with Crippen molar-refractivity contribution in [2.75, 3.05) is 26.2 Å². The minimum atomic E-state index is -3.63. The predicted molar refractivity (Wildman–Crippen MR) is 116 cm³/mol. The molecule has 2 heterocycles. The number of amides is 2. The molecule has 0 spiro atoms. The van der Waals surface area contributed by atoms with E-state index in [0.717, 1.165) is 45.2 Å². The first kappa shape index (κ1) is 22.7. The van der Waals surface area contributed by atoms with Gasteiger partial charge in [0.1, 0.15) is 0 Å². The first-order valence-corrected chi connectivity index (χ1v) is 12.4. The molecule has 166 valence electrons. The maximum absolute atomic E-state index is 13.0. The second-order valence-electron chi connectivity index (χ2n) is 8.58. The Balaban J connectivity index is 1.58. The molecule has 0 aromatic heterocycles. The lowest BCUT2D eigenvalue weighted by Gasteiger charge is -2.32. The number of carbonyl (C=O) groups excluding carboxylic acids is 2. The summed E-state index contributed by atoms with van der Waals surface area (Å²) in [7, 11) is -3.63. The van der Waals surface area contributed by atoms with Gasteiger partial charge in [0.05, 0.1) is 4.90 Å². The van der Waals surface area contributed by atoms with Gasteiger partial charge in [0, 0.05) is 44.2 Å². The summed E-state index contributed by atoms with van der Waals surface area (Å²) in [6, 6.07) is 6.12. The minimum absolute atomic E-state index is 0.0373. The fourth-order valence-electron chi connectivity index (χ4n) is 4.32. The van der Waals surface area contributed by atoms with Crippen LogP contribution in [0.5, 0.6) is 0 Å². The molecule has 0 aliphatic carbocycles. The quantitative estimate of drug-likeness (QED) is 0.744. The van der Waals surface area contributed by atoms with Crippen molar-refractivity contribution in [2.24, 2.45) is 5.92 Å². The summed E-state index contributed by atoms with van der Waals surface area (Å²) in [6.07, 6.45) is 5.16. The lowest BCUT2D eigenvalue weighted by Crippen LogP contribution is -2.42. The highest BCUT2D eigenvalue weighted by atomic mass is 32.2. The molecule has 1 aromatic rings. The molecular formula is C22H33N3O4S. The van der Waals surface area contributed by atoms with E-state index >= 15 is 0 Å². The Labute approximate surface area is 179 Å². The van der Waals surface area contributed by atoms with Crippen LogP contribution in [0.1, 0.15) is 62.7 Å². The smallest absolute Gasteiger partial charge is 0.251 e. The summed E-state index contributed by atoms with van der Waals surface area (Å²) in [5.74, 6) is 0.209. The van der Waals surface area contributed by atoms with Crippen LogP contribution in [0.4, 0.5) is 0 Å². The molecule has 1 N–H and O–H groups in total. The van der Waals surface area contributed by atoms with Crippen molar-refractivity contribution in [3.8, 4) is 0 Å². The number of nitrogens with one attached hydrogen (secondary N) is 1. The van der Waals surface area contributed by atoms with E-state index in [2.05, 4.69) is 12.2 Å². The second-order valence-corrected chi connectivity index (χ2v) is 10.5. The van der Waals surface area contributed by atoms with Gasteiger partial charge in [-0.05, 0) is 56.7 Å². The van der Waals surface area contributed by atoms with E-state index in [4.69, 9.17) is 0 Å². The van der Waals surface area contributed by atoms with E-state index in [9.17, 15) is 18.0 Å². The summed E-state index contributed by atoms with van der Waals surface area (Å²) in [5, 5.41) is 2.75. The molecule has 8 heteroatoms. The molecule has 1 aromatic carbocycles. The van der Waals surface area contributed by atoms with E-state index in [-0.39, 0.29) is 35.7 Å². The van der Waals surface area contributed by atoms with Crippen LogP contribution in [-0.2, 0) is 14.8 Å². The second kappa shape index (κ2) is 9.92. The van der Waals surface area contributed by atoms with Crippen LogP contribution in [0.2, 0.25) is 0 Å². The highest BCUT2D eigenvalue weighted by molar-refractivity contribution is 7.89. The Morgan fingerprint density at radius 3 is 2.63 bits per heavy atom. The fraction of sp³-hybridized carbons (Fsp3) is 0.636. The third-order valence-corrected chi connectivity index (χ3v) is 8.09. The standard InChI is InChI=1S/C22H33N3O4S/c1-17-7-6-13-24(16-17)21(26)11-12-23-22(27)19-9-5-10-20(15-19)30(28,29)25-14-4-3-8-18(25)2/h5,9-10,15,17-18H,3-4,6-8,11-14,16H2,1-2H3,(H,23,27). The molecular weight excluding hydrogens is 402 g/mol. The predicted octanol–water partition coefficient (Wildman–Crippen LogP) is 2.63. The molecule has 2 aliphatic rings. The van der Waals surface area contributed by atoms with Gasteiger partial charge in [-0.3, -0.25) is 9.59 Å². The zero-order valence-electron chi connectivity index (χ0n) is 18.0. The molecule has 0 saturated carbocycles. The lowest BCUT2D eigenvalue weighted by atomic mass is 10.00. The zero-order chi connectivity index (χ0) is 21.7. The van der Waals surface area contributed by atoms with E-state index in [1.54, 1.807) is 12.1 Å². The maximum Gasteiger partial charge on any atom is 0.251 e. The number of benzene rings is 1. The van der Waals surface area contributed by atoms with Crippen molar-refractivity contribution in [2.45, 2.75) is 63.3 Å². The first-order chi connectivity index (χ1) is 14.3. The fourth-order valence-corrected chi connectivity index (χ4v) is 6.07. The molecule has 7 nitrogen and oxygen atoms in total. The Morgan fingerprint density at radius 1 is 1.10 bits per heavy atom. The normalized spacial score (nSPS) is 23.2. The van der Waals surface area contributed by atoms with Crippen LogP contribution in [-0.4, -0.2) is 61.7 Å². The van der Waals surface area contributed by atoms with Gasteiger partial charge in [0.15, 0.2) is 0 Å². The molecule has 30 heavy (non-hydrogen) atoms. The lowest BCUT2D eigenvalue weighted by molar-refractivity contribution is -0.132. The molecule has 0 bridgehead atoms. The number of carbonyl (C=O) groups is 2. The highest BCUT2D eigenvalue weighted by Crippen LogP contribution is 2.25. The molecule has 0 radical (unpaired) electrons. The van der Waals surface area contributed by atoms with Crippen LogP contribution >= 0.6 is 0 Å². The van der Waals surface area contributed by atoms with E-state index in [0.29, 0.717) is 18.0 Å². The summed E-state index contributed by atoms with van der Waals surface area (Å²) >= 11 is 0. The number of nitrogens with zero attached hydrogens (tertiary/aromatic N) is 2. The third kappa shape index (κ3) is 5.40. The Kier molecular flexibility index (Phi) is 7.52. The van der Waals surface area contributed by atoms with Crippen molar-refractivity contribution in [1.82, 2.24) is 14.5 Å². The van der Waals surface area contributed by atoms with Gasteiger partial charge in [0.2, 0.25) is 15.9 Å². The van der Waals surface area contributed by atoms with Gasteiger partial charge >= 0.3 is 0 Å². The van der Waals surface area contributed by atoms with Crippen molar-refractivity contribution < 1.29 is 18.0 Å². The molecule has 2 unspecified atom stereocenters. The number of hydrogen-bond donors (Lipinski definition) is 1. The highest BCUT2D eigenvalue weighted by Gasteiger charge is 2.31. The number of likely N-dealkylation sites (tertiary alicyclic amines) is 1. The average molecular weight is 436 g/mol.